The Morgan fingerprint density at radius 2 is 1.93 bits per heavy atom. The predicted molar refractivity (Wildman–Crippen MR) is 110 cm³/mol. The molecule has 0 fully saturated rings. The van der Waals surface area contributed by atoms with Crippen LogP contribution in [0.3, 0.4) is 0 Å². The quantitative estimate of drug-likeness (QED) is 0.613. The van der Waals surface area contributed by atoms with Crippen LogP contribution in [0.15, 0.2) is 59.1 Å². The van der Waals surface area contributed by atoms with Gasteiger partial charge in [-0.1, -0.05) is 53.2 Å². The summed E-state index contributed by atoms with van der Waals surface area (Å²) in [4.78, 5) is 16.8. The van der Waals surface area contributed by atoms with Gasteiger partial charge in [0, 0.05) is 10.6 Å². The van der Waals surface area contributed by atoms with Crippen LogP contribution in [0.2, 0.25) is 5.02 Å². The highest BCUT2D eigenvalue weighted by molar-refractivity contribution is 7.92. The van der Waals surface area contributed by atoms with E-state index < -0.39 is 22.0 Å². The number of carbonyl (C=O) groups is 1. The van der Waals surface area contributed by atoms with Gasteiger partial charge < -0.3 is 9.84 Å². The summed E-state index contributed by atoms with van der Waals surface area (Å²) in [5.74, 6) is 0.0903. The summed E-state index contributed by atoms with van der Waals surface area (Å²) in [5.41, 5.74) is 1.08. The molecule has 0 aliphatic rings. The number of hydrogen-bond donors (Lipinski definition) is 1. The zero-order chi connectivity index (χ0) is 21.0. The van der Waals surface area contributed by atoms with Gasteiger partial charge in [-0.05, 0) is 25.1 Å². The lowest BCUT2D eigenvalue weighted by molar-refractivity contribution is -0.122. The molecule has 3 aromatic rings. The molecule has 8 nitrogen and oxygen atoms in total. The van der Waals surface area contributed by atoms with Crippen LogP contribution in [-0.2, 0) is 21.4 Å². The van der Waals surface area contributed by atoms with Crippen LogP contribution in [0.5, 0.6) is 0 Å². The fraction of sp³-hybridized carbons (Fsp3) is 0.211. The highest BCUT2D eigenvalue weighted by atomic mass is 35.5. The first-order valence-electron chi connectivity index (χ1n) is 8.66. The van der Waals surface area contributed by atoms with Gasteiger partial charge in [0.2, 0.25) is 27.6 Å². The summed E-state index contributed by atoms with van der Waals surface area (Å²) < 4.78 is 30.7. The Bertz CT molecular complexity index is 1100. The molecule has 10 heteroatoms. The Morgan fingerprint density at radius 3 is 2.59 bits per heavy atom. The molecule has 0 radical (unpaired) electrons. The molecule has 1 amide bonds. The Labute approximate surface area is 173 Å². The third-order valence-electron chi connectivity index (χ3n) is 4.07. The number of nitrogens with one attached hydrogen (secondary N) is 1. The van der Waals surface area contributed by atoms with Gasteiger partial charge in [-0.25, -0.2) is 8.42 Å². The number of amides is 1. The fourth-order valence-corrected chi connectivity index (χ4v) is 4.11. The van der Waals surface area contributed by atoms with Crippen molar-refractivity contribution in [2.75, 3.05) is 10.6 Å². The van der Waals surface area contributed by atoms with E-state index in [9.17, 15) is 13.2 Å². The first kappa shape index (κ1) is 20.8. The molecule has 0 saturated heterocycles. The average Bonchev–Trinajstić information content (AvgIpc) is 3.15. The minimum atomic E-state index is -3.73. The molecular formula is C19H19ClN4O4S. The summed E-state index contributed by atoms with van der Waals surface area (Å²) in [6, 6.07) is 14.5. The van der Waals surface area contributed by atoms with Crippen LogP contribution in [0.1, 0.15) is 12.8 Å². The van der Waals surface area contributed by atoms with Crippen LogP contribution in [0.25, 0.3) is 11.4 Å². The maximum atomic E-state index is 12.6. The van der Waals surface area contributed by atoms with E-state index in [0.29, 0.717) is 16.5 Å². The molecule has 1 aromatic heterocycles. The number of aromatic nitrogens is 2. The number of sulfonamides is 1. The van der Waals surface area contributed by atoms with E-state index in [1.807, 2.05) is 30.3 Å². The Balaban J connectivity index is 1.71. The molecule has 0 aliphatic heterocycles. The summed E-state index contributed by atoms with van der Waals surface area (Å²) in [5, 5.41) is 6.87. The van der Waals surface area contributed by atoms with Gasteiger partial charge in [-0.3, -0.25) is 9.10 Å². The Morgan fingerprint density at radius 1 is 1.21 bits per heavy atom. The molecule has 3 rings (SSSR count). The number of anilines is 1. The molecule has 152 valence electrons. The Hall–Kier alpha value is -2.91. The smallest absolute Gasteiger partial charge is 0.246 e. The molecule has 1 unspecified atom stereocenters. The summed E-state index contributed by atoms with van der Waals surface area (Å²) in [7, 11) is -3.73. The van der Waals surface area contributed by atoms with Crippen molar-refractivity contribution in [3.05, 3.63) is 65.5 Å². The standard InChI is InChI=1S/C19H19ClN4O4S/c1-13(24(29(2,26)27)16-10-6-9-15(20)11-16)19(25)21-12-17-22-18(23-28-17)14-7-4-3-5-8-14/h3-11,13H,12H2,1-2H3,(H,21,25). The summed E-state index contributed by atoms with van der Waals surface area (Å²) in [6.07, 6.45) is 1.03. The van der Waals surface area contributed by atoms with Gasteiger partial charge in [-0.15, -0.1) is 0 Å². The van der Waals surface area contributed by atoms with Gasteiger partial charge in [0.25, 0.3) is 0 Å². The molecule has 1 N–H and O–H groups in total. The molecule has 29 heavy (non-hydrogen) atoms. The number of benzene rings is 2. The number of carbonyl (C=O) groups excluding carboxylic acids is 1. The highest BCUT2D eigenvalue weighted by Crippen LogP contribution is 2.24. The van der Waals surface area contributed by atoms with E-state index in [1.165, 1.54) is 13.0 Å². The first-order valence-corrected chi connectivity index (χ1v) is 10.9. The molecule has 1 atom stereocenters. The van der Waals surface area contributed by atoms with E-state index in [2.05, 4.69) is 15.5 Å². The van der Waals surface area contributed by atoms with Gasteiger partial charge in [0.15, 0.2) is 0 Å². The third kappa shape index (κ3) is 5.12. The first-order chi connectivity index (χ1) is 13.8. The highest BCUT2D eigenvalue weighted by Gasteiger charge is 2.29. The molecule has 1 heterocycles. The zero-order valence-corrected chi connectivity index (χ0v) is 17.3. The van der Waals surface area contributed by atoms with Crippen molar-refractivity contribution >= 4 is 33.2 Å². The maximum absolute atomic E-state index is 12.6. The molecule has 0 aliphatic carbocycles. The van der Waals surface area contributed by atoms with Crippen LogP contribution < -0.4 is 9.62 Å². The Kier molecular flexibility index (Phi) is 6.19. The van der Waals surface area contributed by atoms with Crippen molar-refractivity contribution in [1.29, 1.82) is 0 Å². The van der Waals surface area contributed by atoms with Gasteiger partial charge >= 0.3 is 0 Å². The second-order valence-corrected chi connectivity index (χ2v) is 8.61. The minimum Gasteiger partial charge on any atom is -0.345 e. The lowest BCUT2D eigenvalue weighted by Gasteiger charge is -2.28. The normalized spacial score (nSPS) is 12.4. The molecule has 0 saturated carbocycles. The molecule has 0 spiro atoms. The van der Waals surface area contributed by atoms with Gasteiger partial charge in [-0.2, -0.15) is 4.98 Å². The van der Waals surface area contributed by atoms with Gasteiger partial charge in [0.1, 0.15) is 6.04 Å². The van der Waals surface area contributed by atoms with E-state index in [0.717, 1.165) is 16.1 Å². The SMILES string of the molecule is CC(C(=O)NCc1nc(-c2ccccc2)no1)N(c1cccc(Cl)c1)S(C)(=O)=O. The van der Waals surface area contributed by atoms with Crippen molar-refractivity contribution in [3.63, 3.8) is 0 Å². The molecule has 2 aromatic carbocycles. The monoisotopic (exact) mass is 434 g/mol. The third-order valence-corrected chi connectivity index (χ3v) is 5.54. The second kappa shape index (κ2) is 8.62. The largest absolute Gasteiger partial charge is 0.345 e. The topological polar surface area (TPSA) is 105 Å². The van der Waals surface area contributed by atoms with Crippen molar-refractivity contribution in [1.82, 2.24) is 15.5 Å². The van der Waals surface area contributed by atoms with Crippen LogP contribution in [0, 0.1) is 0 Å². The fourth-order valence-electron chi connectivity index (χ4n) is 2.76. The van der Waals surface area contributed by atoms with Crippen LogP contribution >= 0.6 is 11.6 Å². The van der Waals surface area contributed by atoms with E-state index in [-0.39, 0.29) is 12.4 Å². The van der Waals surface area contributed by atoms with E-state index >= 15 is 0 Å². The van der Waals surface area contributed by atoms with Crippen molar-refractivity contribution in [2.24, 2.45) is 0 Å². The maximum Gasteiger partial charge on any atom is 0.246 e. The van der Waals surface area contributed by atoms with Gasteiger partial charge in [0.05, 0.1) is 18.5 Å². The minimum absolute atomic E-state index is 0.0316. The lowest BCUT2D eigenvalue weighted by Crippen LogP contribution is -2.47. The molecular weight excluding hydrogens is 416 g/mol. The van der Waals surface area contributed by atoms with Crippen molar-refractivity contribution in [2.45, 2.75) is 19.5 Å². The lowest BCUT2D eigenvalue weighted by atomic mass is 10.2. The predicted octanol–water partition coefficient (Wildman–Crippen LogP) is 2.86. The van der Waals surface area contributed by atoms with E-state index in [4.69, 9.17) is 16.1 Å². The van der Waals surface area contributed by atoms with Crippen molar-refractivity contribution in [3.8, 4) is 11.4 Å². The zero-order valence-electron chi connectivity index (χ0n) is 15.7. The number of halogens is 1. The van der Waals surface area contributed by atoms with Crippen molar-refractivity contribution < 1.29 is 17.7 Å². The summed E-state index contributed by atoms with van der Waals surface area (Å²) in [6.45, 7) is 1.46. The number of rotatable bonds is 7. The van der Waals surface area contributed by atoms with Crippen LogP contribution in [-0.4, -0.2) is 36.8 Å². The number of hydrogen-bond acceptors (Lipinski definition) is 6. The molecule has 0 bridgehead atoms. The summed E-state index contributed by atoms with van der Waals surface area (Å²) >= 11 is 5.97. The second-order valence-electron chi connectivity index (χ2n) is 6.31. The number of nitrogens with zero attached hydrogens (tertiary/aromatic N) is 3. The average molecular weight is 435 g/mol. The van der Waals surface area contributed by atoms with E-state index in [1.54, 1.807) is 18.2 Å². The van der Waals surface area contributed by atoms with Crippen LogP contribution in [0.4, 0.5) is 5.69 Å².